The minimum absolute atomic E-state index is 0.0168. The maximum absolute atomic E-state index is 13.2. The minimum atomic E-state index is -0.790. The summed E-state index contributed by atoms with van der Waals surface area (Å²) in [6.07, 6.45) is 11.8. The van der Waals surface area contributed by atoms with Crippen molar-refractivity contribution in [2.75, 3.05) is 7.11 Å². The Bertz CT molecular complexity index is 1300. The molecule has 232 valence electrons. The zero-order chi connectivity index (χ0) is 31.1. The monoisotopic (exact) mass is 581 g/mol. The van der Waals surface area contributed by atoms with Crippen molar-refractivity contribution in [2.45, 2.75) is 113 Å². The van der Waals surface area contributed by atoms with Crippen molar-refractivity contribution < 1.29 is 23.9 Å². The van der Waals surface area contributed by atoms with Crippen LogP contribution in [0.2, 0.25) is 0 Å². The number of primary amides is 1. The van der Waals surface area contributed by atoms with E-state index in [9.17, 15) is 14.4 Å². The van der Waals surface area contributed by atoms with Crippen LogP contribution < -0.4 is 11.2 Å². The Hall–Kier alpha value is -2.64. The molecule has 2 amide bonds. The fraction of sp³-hybridized carbons (Fsp3) is 0.765. The minimum Gasteiger partial charge on any atom is -0.469 e. The molecule has 3 N–H and O–H groups in total. The molecule has 0 aromatic rings. The number of amides is 2. The van der Waals surface area contributed by atoms with E-state index >= 15 is 0 Å². The van der Waals surface area contributed by atoms with Gasteiger partial charge < -0.3 is 15.2 Å². The molecule has 3 saturated carbocycles. The van der Waals surface area contributed by atoms with Crippen LogP contribution in [-0.2, 0) is 19.1 Å². The lowest BCUT2D eigenvalue weighted by Crippen LogP contribution is -2.63. The van der Waals surface area contributed by atoms with Gasteiger partial charge in [-0.25, -0.2) is 10.2 Å². The standard InChI is InChI=1S/C34H51N3O5/c1-20(38)42-26-13-14-32(6)23(29(26,2)3)12-15-34(8)24(32)11-10-21-22-18-30(4,27(39)41-9)19-25(36-37-28(35)40)31(22,5)16-17-33(21,34)7/h10-11,23-24,26H,12-19H2,1-9H3,(H3,35,37,40)/b36-25+/t23-,24+,26-,30-,31+,32-,33-,34+/m0/s1. The summed E-state index contributed by atoms with van der Waals surface area (Å²) in [5.74, 6) is 0.360. The van der Waals surface area contributed by atoms with E-state index in [0.717, 1.165) is 44.2 Å². The molecule has 0 heterocycles. The van der Waals surface area contributed by atoms with Gasteiger partial charge in [-0.2, -0.15) is 5.10 Å². The third-order valence-corrected chi connectivity index (χ3v) is 13.3. The van der Waals surface area contributed by atoms with E-state index in [1.165, 1.54) is 25.2 Å². The summed E-state index contributed by atoms with van der Waals surface area (Å²) in [6.45, 7) is 17.7. The molecule has 0 bridgehead atoms. The molecule has 42 heavy (non-hydrogen) atoms. The molecule has 0 radical (unpaired) electrons. The lowest BCUT2D eigenvalue weighted by Gasteiger charge is -2.69. The van der Waals surface area contributed by atoms with Gasteiger partial charge in [0.15, 0.2) is 0 Å². The maximum Gasteiger partial charge on any atom is 0.332 e. The first-order valence-corrected chi connectivity index (χ1v) is 15.7. The number of hydrogen-bond acceptors (Lipinski definition) is 6. The summed E-state index contributed by atoms with van der Waals surface area (Å²) in [4.78, 5) is 36.8. The van der Waals surface area contributed by atoms with Crippen molar-refractivity contribution in [3.05, 3.63) is 23.3 Å². The Morgan fingerprint density at radius 2 is 1.67 bits per heavy atom. The van der Waals surface area contributed by atoms with Crippen LogP contribution in [0.15, 0.2) is 28.4 Å². The number of methoxy groups -OCH3 is 1. The summed E-state index contributed by atoms with van der Waals surface area (Å²) in [7, 11) is 1.44. The highest BCUT2D eigenvalue weighted by Gasteiger charge is 2.67. The normalized spacial score (nSPS) is 44.7. The van der Waals surface area contributed by atoms with E-state index in [1.807, 2.05) is 6.92 Å². The van der Waals surface area contributed by atoms with Crippen molar-refractivity contribution in [1.29, 1.82) is 0 Å². The number of nitrogens with one attached hydrogen (secondary N) is 1. The third-order valence-electron chi connectivity index (χ3n) is 13.3. The van der Waals surface area contributed by atoms with Crippen molar-refractivity contribution in [2.24, 2.45) is 55.2 Å². The van der Waals surface area contributed by atoms with Gasteiger partial charge in [0.2, 0.25) is 0 Å². The number of nitrogens with two attached hydrogens (primary N) is 1. The van der Waals surface area contributed by atoms with Gasteiger partial charge in [-0.1, -0.05) is 59.3 Å². The van der Waals surface area contributed by atoms with Gasteiger partial charge in [0.25, 0.3) is 0 Å². The molecule has 5 aliphatic carbocycles. The lowest BCUT2D eigenvalue weighted by atomic mass is 9.35. The van der Waals surface area contributed by atoms with Crippen LogP contribution in [0.4, 0.5) is 4.79 Å². The van der Waals surface area contributed by atoms with E-state index in [2.05, 4.69) is 64.2 Å². The van der Waals surface area contributed by atoms with Crippen molar-refractivity contribution in [1.82, 2.24) is 5.43 Å². The predicted octanol–water partition coefficient (Wildman–Crippen LogP) is 6.45. The number of fused-ring (bicyclic) bond motifs is 6. The zero-order valence-electron chi connectivity index (χ0n) is 27.1. The quantitative estimate of drug-likeness (QED) is 0.293. The second-order valence-corrected chi connectivity index (χ2v) is 15.8. The van der Waals surface area contributed by atoms with Crippen molar-refractivity contribution in [3.63, 3.8) is 0 Å². The number of rotatable bonds is 3. The van der Waals surface area contributed by atoms with Gasteiger partial charge in [-0.3, -0.25) is 9.59 Å². The largest absolute Gasteiger partial charge is 0.469 e. The van der Waals surface area contributed by atoms with Crippen LogP contribution >= 0.6 is 0 Å². The Balaban J connectivity index is 1.64. The molecule has 8 atom stereocenters. The SMILES string of the molecule is COC(=O)[C@@]1(C)CC2=C3C=C[C@@H]4[C@@]5(C)CC[C@H](OC(C)=O)C(C)(C)[C@@H]5CC[C@@]4(C)[C@@]3(C)CC[C@@]2(C)/C(=N/NC(N)=O)C1. The molecule has 3 fully saturated rings. The van der Waals surface area contributed by atoms with Crippen LogP contribution in [0, 0.1) is 44.3 Å². The summed E-state index contributed by atoms with van der Waals surface area (Å²) in [5.41, 5.74) is 9.94. The molecule has 5 rings (SSSR count). The summed E-state index contributed by atoms with van der Waals surface area (Å²) >= 11 is 0. The fourth-order valence-corrected chi connectivity index (χ4v) is 10.7. The maximum atomic E-state index is 13.2. The Labute approximate surface area is 251 Å². The Morgan fingerprint density at radius 3 is 2.29 bits per heavy atom. The number of esters is 2. The van der Waals surface area contributed by atoms with Crippen molar-refractivity contribution in [3.8, 4) is 0 Å². The van der Waals surface area contributed by atoms with Crippen LogP contribution in [0.1, 0.15) is 107 Å². The summed E-state index contributed by atoms with van der Waals surface area (Å²) in [6, 6.07) is -0.712. The second-order valence-electron chi connectivity index (χ2n) is 15.8. The Morgan fingerprint density at radius 1 is 0.976 bits per heavy atom. The third kappa shape index (κ3) is 4.13. The van der Waals surface area contributed by atoms with Crippen LogP contribution in [0.5, 0.6) is 0 Å². The molecular weight excluding hydrogens is 530 g/mol. The first-order chi connectivity index (χ1) is 19.4. The molecular formula is C34H51N3O5. The van der Waals surface area contributed by atoms with E-state index in [4.69, 9.17) is 15.2 Å². The topological polar surface area (TPSA) is 120 Å². The highest BCUT2D eigenvalue weighted by molar-refractivity contribution is 5.99. The number of hydrogen-bond donors (Lipinski definition) is 2. The van der Waals surface area contributed by atoms with Gasteiger partial charge in [0.1, 0.15) is 6.10 Å². The Kier molecular flexibility index (Phi) is 7.10. The van der Waals surface area contributed by atoms with Crippen LogP contribution in [0.3, 0.4) is 0 Å². The molecule has 0 aliphatic heterocycles. The van der Waals surface area contributed by atoms with Gasteiger partial charge in [-0.15, -0.1) is 0 Å². The van der Waals surface area contributed by atoms with Gasteiger partial charge >= 0.3 is 18.0 Å². The molecule has 5 aliphatic rings. The highest BCUT2D eigenvalue weighted by Crippen LogP contribution is 2.74. The zero-order valence-corrected chi connectivity index (χ0v) is 27.1. The number of nitrogens with zero attached hydrogens (tertiary/aromatic N) is 1. The predicted molar refractivity (Wildman–Crippen MR) is 162 cm³/mol. The number of carbonyl (C=O) groups is 3. The smallest absolute Gasteiger partial charge is 0.332 e. The van der Waals surface area contributed by atoms with E-state index in [-0.39, 0.29) is 45.1 Å². The molecule has 0 spiro atoms. The average molecular weight is 582 g/mol. The van der Waals surface area contributed by atoms with Crippen molar-refractivity contribution >= 4 is 23.7 Å². The van der Waals surface area contributed by atoms with E-state index < -0.39 is 11.4 Å². The molecule has 8 nitrogen and oxygen atoms in total. The molecule has 0 saturated heterocycles. The first kappa shape index (κ1) is 30.8. The molecule has 0 unspecified atom stereocenters. The van der Waals surface area contributed by atoms with Gasteiger partial charge in [-0.05, 0) is 85.5 Å². The van der Waals surface area contributed by atoms with Gasteiger partial charge in [0, 0.05) is 29.9 Å². The highest BCUT2D eigenvalue weighted by atomic mass is 16.5. The summed E-state index contributed by atoms with van der Waals surface area (Å²) < 4.78 is 11.2. The second kappa shape index (κ2) is 9.68. The number of carbonyl (C=O) groups excluding carboxylic acids is 3. The number of hydrazone groups is 1. The van der Waals surface area contributed by atoms with Gasteiger partial charge in [0.05, 0.1) is 12.5 Å². The number of urea groups is 1. The number of allylic oxidation sites excluding steroid dienone is 4. The molecule has 0 aromatic heterocycles. The lowest BCUT2D eigenvalue weighted by molar-refractivity contribution is -0.197. The summed E-state index contributed by atoms with van der Waals surface area (Å²) in [5, 5.41) is 4.51. The molecule has 8 heteroatoms. The first-order valence-electron chi connectivity index (χ1n) is 15.7. The average Bonchev–Trinajstić information content (AvgIpc) is 2.89. The molecule has 0 aromatic carbocycles. The van der Waals surface area contributed by atoms with E-state index in [1.54, 1.807) is 0 Å². The van der Waals surface area contributed by atoms with E-state index in [0.29, 0.717) is 24.7 Å². The number of ether oxygens (including phenoxy) is 2. The van der Waals surface area contributed by atoms with Crippen LogP contribution in [-0.4, -0.2) is 36.9 Å². The fourth-order valence-electron chi connectivity index (χ4n) is 10.7. The van der Waals surface area contributed by atoms with Crippen LogP contribution in [0.25, 0.3) is 0 Å².